The van der Waals surface area contributed by atoms with Gasteiger partial charge in [-0.15, -0.1) is 11.6 Å². The Labute approximate surface area is 117 Å². The van der Waals surface area contributed by atoms with Gasteiger partial charge in [-0.2, -0.15) is 0 Å². The Morgan fingerprint density at radius 3 is 2.68 bits per heavy atom. The first kappa shape index (κ1) is 15.8. The van der Waals surface area contributed by atoms with Gasteiger partial charge in [-0.05, 0) is 33.1 Å². The Morgan fingerprint density at radius 2 is 2.11 bits per heavy atom. The van der Waals surface area contributed by atoms with Crippen LogP contribution < -0.4 is 5.32 Å². The molecule has 1 aliphatic heterocycles. The molecule has 0 aromatic heterocycles. The summed E-state index contributed by atoms with van der Waals surface area (Å²) in [6, 6.07) is -1.21. The van der Waals surface area contributed by atoms with Crippen LogP contribution >= 0.6 is 11.6 Å². The Bertz CT molecular complexity index is 360. The Kier molecular flexibility index (Phi) is 6.08. The van der Waals surface area contributed by atoms with Crippen molar-refractivity contribution in [2.24, 2.45) is 0 Å². The highest BCUT2D eigenvalue weighted by Gasteiger charge is 2.34. The Hall–Kier alpha value is -1.30. The number of alkyl halides is 1. The molecule has 1 rings (SSSR count). The second-order valence-electron chi connectivity index (χ2n) is 4.37. The van der Waals surface area contributed by atoms with Gasteiger partial charge < -0.3 is 9.64 Å². The van der Waals surface area contributed by atoms with Gasteiger partial charge in [0, 0.05) is 6.54 Å². The third-order valence-electron chi connectivity index (χ3n) is 2.91. The van der Waals surface area contributed by atoms with Crippen LogP contribution in [0.5, 0.6) is 0 Å². The van der Waals surface area contributed by atoms with Gasteiger partial charge in [0.15, 0.2) is 0 Å². The van der Waals surface area contributed by atoms with Gasteiger partial charge in [0.2, 0.25) is 5.91 Å². The molecular formula is C12H19ClN2O4. The summed E-state index contributed by atoms with van der Waals surface area (Å²) in [5.41, 5.74) is 0. The van der Waals surface area contributed by atoms with E-state index in [9.17, 15) is 14.4 Å². The van der Waals surface area contributed by atoms with Gasteiger partial charge in [-0.3, -0.25) is 10.1 Å². The number of hydrogen-bond acceptors (Lipinski definition) is 4. The van der Waals surface area contributed by atoms with E-state index in [1.54, 1.807) is 6.92 Å². The molecule has 0 aliphatic carbocycles. The number of carbonyl (C=O) groups is 3. The smallest absolute Gasteiger partial charge is 0.328 e. The monoisotopic (exact) mass is 290 g/mol. The minimum absolute atomic E-state index is 0.266. The maximum absolute atomic E-state index is 12.0. The van der Waals surface area contributed by atoms with Crippen molar-refractivity contribution >= 4 is 29.5 Å². The first-order chi connectivity index (χ1) is 8.97. The first-order valence-electron chi connectivity index (χ1n) is 6.39. The second-order valence-corrected chi connectivity index (χ2v) is 5.02. The molecule has 1 saturated heterocycles. The van der Waals surface area contributed by atoms with E-state index in [-0.39, 0.29) is 6.61 Å². The van der Waals surface area contributed by atoms with Crippen LogP contribution in [0.3, 0.4) is 0 Å². The molecule has 19 heavy (non-hydrogen) atoms. The SMILES string of the molecule is CCOC(=O)C1CCCCN1C(=O)NC(=O)C(C)Cl. The molecule has 0 radical (unpaired) electrons. The van der Waals surface area contributed by atoms with E-state index in [0.717, 1.165) is 12.8 Å². The minimum atomic E-state index is -0.796. The number of urea groups is 1. The fraction of sp³-hybridized carbons (Fsp3) is 0.750. The lowest BCUT2D eigenvalue weighted by atomic mass is 10.0. The van der Waals surface area contributed by atoms with Gasteiger partial charge in [-0.1, -0.05) is 0 Å². The van der Waals surface area contributed by atoms with Crippen molar-refractivity contribution in [3.8, 4) is 0 Å². The lowest BCUT2D eigenvalue weighted by Crippen LogP contribution is -2.54. The van der Waals surface area contributed by atoms with E-state index in [0.29, 0.717) is 13.0 Å². The molecule has 108 valence electrons. The number of nitrogens with one attached hydrogen (secondary N) is 1. The number of halogens is 1. The fourth-order valence-electron chi connectivity index (χ4n) is 1.93. The van der Waals surface area contributed by atoms with Gasteiger partial charge in [0.05, 0.1) is 6.61 Å². The van der Waals surface area contributed by atoms with Crippen molar-refractivity contribution in [1.29, 1.82) is 0 Å². The molecule has 3 amide bonds. The third-order valence-corrected chi connectivity index (χ3v) is 3.11. The topological polar surface area (TPSA) is 75.7 Å². The van der Waals surface area contributed by atoms with Crippen LogP contribution in [0.15, 0.2) is 0 Å². The largest absolute Gasteiger partial charge is 0.464 e. The molecule has 6 nitrogen and oxygen atoms in total. The summed E-state index contributed by atoms with van der Waals surface area (Å²) in [6.45, 7) is 3.88. The summed E-state index contributed by atoms with van der Waals surface area (Å²) >= 11 is 5.59. The van der Waals surface area contributed by atoms with E-state index < -0.39 is 29.3 Å². The molecule has 1 N–H and O–H groups in total. The molecular weight excluding hydrogens is 272 g/mol. The number of hydrogen-bond donors (Lipinski definition) is 1. The molecule has 1 fully saturated rings. The number of imide groups is 1. The van der Waals surface area contributed by atoms with Crippen molar-refractivity contribution < 1.29 is 19.1 Å². The molecule has 0 saturated carbocycles. The van der Waals surface area contributed by atoms with Crippen LogP contribution in [0.1, 0.15) is 33.1 Å². The van der Waals surface area contributed by atoms with Crippen LogP contribution in [0.25, 0.3) is 0 Å². The van der Waals surface area contributed by atoms with E-state index in [2.05, 4.69) is 5.32 Å². The number of piperidine rings is 1. The zero-order valence-corrected chi connectivity index (χ0v) is 11.9. The van der Waals surface area contributed by atoms with Gasteiger partial charge >= 0.3 is 12.0 Å². The predicted octanol–water partition coefficient (Wildman–Crippen LogP) is 1.27. The molecule has 1 aliphatic rings. The molecule has 0 spiro atoms. The van der Waals surface area contributed by atoms with Crippen molar-refractivity contribution in [2.75, 3.05) is 13.2 Å². The predicted molar refractivity (Wildman–Crippen MR) is 69.8 cm³/mol. The lowest BCUT2D eigenvalue weighted by molar-refractivity contribution is -0.149. The van der Waals surface area contributed by atoms with E-state index in [1.807, 2.05) is 0 Å². The highest BCUT2D eigenvalue weighted by Crippen LogP contribution is 2.18. The minimum Gasteiger partial charge on any atom is -0.464 e. The molecule has 0 aromatic carbocycles. The zero-order chi connectivity index (χ0) is 14.4. The van der Waals surface area contributed by atoms with Crippen molar-refractivity contribution in [2.45, 2.75) is 44.5 Å². The van der Waals surface area contributed by atoms with Crippen LogP contribution in [0.4, 0.5) is 4.79 Å². The highest BCUT2D eigenvalue weighted by atomic mass is 35.5. The molecule has 1 heterocycles. The molecule has 7 heteroatoms. The normalized spacial score (nSPS) is 20.6. The van der Waals surface area contributed by atoms with Crippen molar-refractivity contribution in [3.63, 3.8) is 0 Å². The zero-order valence-electron chi connectivity index (χ0n) is 11.1. The van der Waals surface area contributed by atoms with Gasteiger partial charge in [0.1, 0.15) is 11.4 Å². The van der Waals surface area contributed by atoms with Crippen LogP contribution in [0.2, 0.25) is 0 Å². The fourth-order valence-corrected chi connectivity index (χ4v) is 1.99. The van der Waals surface area contributed by atoms with E-state index in [4.69, 9.17) is 16.3 Å². The summed E-state index contributed by atoms with van der Waals surface area (Å²) in [6.07, 6.45) is 2.21. The quantitative estimate of drug-likeness (QED) is 0.627. The molecule has 0 aromatic rings. The lowest BCUT2D eigenvalue weighted by Gasteiger charge is -2.33. The standard InChI is InChI=1S/C12H19ClN2O4/c1-3-19-11(17)9-6-4-5-7-15(9)12(18)14-10(16)8(2)13/h8-9H,3-7H2,1-2H3,(H,14,16,18). The number of ether oxygens (including phenoxy) is 1. The van der Waals surface area contributed by atoms with Crippen LogP contribution in [-0.4, -0.2) is 47.4 Å². The average Bonchev–Trinajstić information content (AvgIpc) is 2.38. The Morgan fingerprint density at radius 1 is 1.42 bits per heavy atom. The van der Waals surface area contributed by atoms with Gasteiger partial charge in [0.25, 0.3) is 0 Å². The van der Waals surface area contributed by atoms with Crippen LogP contribution in [0, 0.1) is 0 Å². The number of carbonyl (C=O) groups excluding carboxylic acids is 3. The van der Waals surface area contributed by atoms with E-state index in [1.165, 1.54) is 11.8 Å². The highest BCUT2D eigenvalue weighted by molar-refractivity contribution is 6.31. The molecule has 2 atom stereocenters. The maximum atomic E-state index is 12.0. The number of likely N-dealkylation sites (tertiary alicyclic amines) is 1. The summed E-state index contributed by atoms with van der Waals surface area (Å²) in [5.74, 6) is -0.997. The Balaban J connectivity index is 2.68. The number of nitrogens with zero attached hydrogens (tertiary/aromatic N) is 1. The van der Waals surface area contributed by atoms with E-state index >= 15 is 0 Å². The molecule has 0 bridgehead atoms. The summed E-state index contributed by atoms with van der Waals surface area (Å²) in [4.78, 5) is 36.5. The molecule has 2 unspecified atom stereocenters. The second kappa shape index (κ2) is 7.33. The summed E-state index contributed by atoms with van der Waals surface area (Å²) < 4.78 is 4.94. The average molecular weight is 291 g/mol. The van der Waals surface area contributed by atoms with Gasteiger partial charge in [-0.25, -0.2) is 9.59 Å². The number of rotatable bonds is 3. The van der Waals surface area contributed by atoms with Crippen LogP contribution in [-0.2, 0) is 14.3 Å². The summed E-state index contributed by atoms with van der Waals surface area (Å²) in [7, 11) is 0. The summed E-state index contributed by atoms with van der Waals surface area (Å²) in [5, 5.41) is 1.39. The number of amides is 3. The van der Waals surface area contributed by atoms with Crippen molar-refractivity contribution in [1.82, 2.24) is 10.2 Å². The first-order valence-corrected chi connectivity index (χ1v) is 6.83. The maximum Gasteiger partial charge on any atom is 0.328 e. The number of esters is 1. The van der Waals surface area contributed by atoms with Crippen molar-refractivity contribution in [3.05, 3.63) is 0 Å². The third kappa shape index (κ3) is 4.38.